The number of rotatable bonds is 4. The first-order valence-electron chi connectivity index (χ1n) is 6.27. The average molecular weight is 300 g/mol. The second-order valence-corrected chi connectivity index (χ2v) is 7.20. The van der Waals surface area contributed by atoms with E-state index in [1.54, 1.807) is 13.1 Å². The molecule has 1 aliphatic rings. The van der Waals surface area contributed by atoms with Gasteiger partial charge in [0, 0.05) is 30.0 Å². The summed E-state index contributed by atoms with van der Waals surface area (Å²) in [6.07, 6.45) is 2.01. The molecule has 0 saturated heterocycles. The number of aryl methyl sites for hydroxylation is 1. The van der Waals surface area contributed by atoms with Gasteiger partial charge in [0.25, 0.3) is 0 Å². The number of hydrogen-bond acceptors (Lipinski definition) is 4. The summed E-state index contributed by atoms with van der Waals surface area (Å²) in [7, 11) is -1.64. The number of benzene rings is 1. The first-order chi connectivity index (χ1) is 9.30. The predicted octanol–water partition coefficient (Wildman–Crippen LogP) is 1.02. The van der Waals surface area contributed by atoms with Crippen LogP contribution in [-0.4, -0.2) is 33.4 Å². The van der Waals surface area contributed by atoms with Gasteiger partial charge in [0.15, 0.2) is 0 Å². The Morgan fingerprint density at radius 3 is 2.70 bits per heavy atom. The highest BCUT2D eigenvalue weighted by Gasteiger charge is 2.23. The summed E-state index contributed by atoms with van der Waals surface area (Å²) in [6, 6.07) is 2.29. The van der Waals surface area contributed by atoms with Gasteiger partial charge >= 0.3 is 0 Å². The number of amides is 1. The number of halogens is 1. The molecule has 1 amide bonds. The lowest BCUT2D eigenvalue weighted by molar-refractivity contribution is -0.116. The summed E-state index contributed by atoms with van der Waals surface area (Å²) in [5.41, 5.74) is 1.61. The minimum Gasteiger partial charge on any atom is -0.326 e. The van der Waals surface area contributed by atoms with Crippen LogP contribution < -0.4 is 10.6 Å². The van der Waals surface area contributed by atoms with Crippen LogP contribution in [0.2, 0.25) is 0 Å². The molecule has 0 spiro atoms. The molecule has 2 rings (SSSR count). The topological polar surface area (TPSA) is 75.3 Å². The Kier molecular flexibility index (Phi) is 4.10. The third-order valence-corrected chi connectivity index (χ3v) is 4.25. The first kappa shape index (κ1) is 14.9. The van der Waals surface area contributed by atoms with E-state index in [-0.39, 0.29) is 11.7 Å². The Hall–Kier alpha value is -1.47. The van der Waals surface area contributed by atoms with Crippen LogP contribution in [-0.2, 0) is 21.1 Å². The number of nitrogens with one attached hydrogen (secondary N) is 2. The normalized spacial score (nSPS) is 16.4. The molecule has 1 aliphatic heterocycles. The van der Waals surface area contributed by atoms with E-state index in [1.165, 1.54) is 6.07 Å². The summed E-state index contributed by atoms with van der Waals surface area (Å²) in [6.45, 7) is 0. The van der Waals surface area contributed by atoms with Crippen LogP contribution in [0.4, 0.5) is 10.1 Å². The van der Waals surface area contributed by atoms with E-state index in [2.05, 4.69) is 10.6 Å². The SMILES string of the molecule is CNC(CS(C)(=O)=O)c1cc2c(cc1F)NC(=O)CC2. The Bertz CT molecular complexity index is 643. The summed E-state index contributed by atoms with van der Waals surface area (Å²) in [5, 5.41) is 5.44. The van der Waals surface area contributed by atoms with E-state index in [1.807, 2.05) is 0 Å². The molecule has 7 heteroatoms. The van der Waals surface area contributed by atoms with Crippen molar-refractivity contribution in [3.05, 3.63) is 29.1 Å². The molecule has 0 fully saturated rings. The van der Waals surface area contributed by atoms with Crippen molar-refractivity contribution in [1.82, 2.24) is 5.32 Å². The van der Waals surface area contributed by atoms with Crippen molar-refractivity contribution in [3.8, 4) is 0 Å². The number of fused-ring (bicyclic) bond motifs is 1. The zero-order valence-electron chi connectivity index (χ0n) is 11.4. The average Bonchev–Trinajstić information content (AvgIpc) is 2.34. The highest BCUT2D eigenvalue weighted by atomic mass is 32.2. The zero-order valence-corrected chi connectivity index (χ0v) is 12.2. The molecule has 0 radical (unpaired) electrons. The number of carbonyl (C=O) groups is 1. The van der Waals surface area contributed by atoms with Gasteiger partial charge in [-0.05, 0) is 31.2 Å². The number of carbonyl (C=O) groups excluding carboxylic acids is 1. The minimum atomic E-state index is -3.23. The van der Waals surface area contributed by atoms with Crippen LogP contribution in [0.25, 0.3) is 0 Å². The number of sulfone groups is 1. The molecular weight excluding hydrogens is 283 g/mol. The molecule has 1 atom stereocenters. The van der Waals surface area contributed by atoms with Gasteiger partial charge in [0.05, 0.1) is 5.75 Å². The van der Waals surface area contributed by atoms with Gasteiger partial charge in [-0.3, -0.25) is 4.79 Å². The van der Waals surface area contributed by atoms with E-state index < -0.39 is 21.7 Å². The predicted molar refractivity (Wildman–Crippen MR) is 74.9 cm³/mol. The Morgan fingerprint density at radius 1 is 1.40 bits per heavy atom. The Labute approximate surface area is 117 Å². The van der Waals surface area contributed by atoms with Crippen molar-refractivity contribution >= 4 is 21.4 Å². The van der Waals surface area contributed by atoms with E-state index in [4.69, 9.17) is 0 Å². The van der Waals surface area contributed by atoms with E-state index in [0.29, 0.717) is 24.1 Å². The third-order valence-electron chi connectivity index (χ3n) is 3.31. The highest BCUT2D eigenvalue weighted by molar-refractivity contribution is 7.90. The third kappa shape index (κ3) is 3.34. The maximum absolute atomic E-state index is 14.1. The second-order valence-electron chi connectivity index (χ2n) is 5.01. The molecule has 110 valence electrons. The lowest BCUT2D eigenvalue weighted by Crippen LogP contribution is -2.26. The molecule has 1 aromatic carbocycles. The van der Waals surface area contributed by atoms with Gasteiger partial charge in [-0.15, -0.1) is 0 Å². The molecule has 20 heavy (non-hydrogen) atoms. The smallest absolute Gasteiger partial charge is 0.224 e. The lowest BCUT2D eigenvalue weighted by atomic mass is 9.97. The highest BCUT2D eigenvalue weighted by Crippen LogP contribution is 2.29. The molecule has 2 N–H and O–H groups in total. The quantitative estimate of drug-likeness (QED) is 0.870. The minimum absolute atomic E-state index is 0.133. The Morgan fingerprint density at radius 2 is 2.10 bits per heavy atom. The van der Waals surface area contributed by atoms with E-state index in [9.17, 15) is 17.6 Å². The first-order valence-corrected chi connectivity index (χ1v) is 8.33. The van der Waals surface area contributed by atoms with Gasteiger partial charge in [-0.2, -0.15) is 0 Å². The van der Waals surface area contributed by atoms with Gasteiger partial charge < -0.3 is 10.6 Å². The number of anilines is 1. The van der Waals surface area contributed by atoms with Crippen molar-refractivity contribution in [2.24, 2.45) is 0 Å². The van der Waals surface area contributed by atoms with Gasteiger partial charge in [-0.25, -0.2) is 12.8 Å². The van der Waals surface area contributed by atoms with Crippen molar-refractivity contribution in [2.45, 2.75) is 18.9 Å². The van der Waals surface area contributed by atoms with Crippen LogP contribution in [0.5, 0.6) is 0 Å². The lowest BCUT2D eigenvalue weighted by Gasteiger charge is -2.22. The summed E-state index contributed by atoms with van der Waals surface area (Å²) in [5.74, 6) is -0.828. The van der Waals surface area contributed by atoms with Gasteiger partial charge in [0.1, 0.15) is 15.7 Å². The summed E-state index contributed by atoms with van der Waals surface area (Å²) in [4.78, 5) is 11.3. The summed E-state index contributed by atoms with van der Waals surface area (Å²) < 4.78 is 36.9. The molecule has 1 unspecified atom stereocenters. The van der Waals surface area contributed by atoms with Crippen molar-refractivity contribution in [1.29, 1.82) is 0 Å². The van der Waals surface area contributed by atoms with Gasteiger partial charge in [-0.1, -0.05) is 0 Å². The van der Waals surface area contributed by atoms with Crippen LogP contribution in [0, 0.1) is 5.82 Å². The molecule has 5 nitrogen and oxygen atoms in total. The fourth-order valence-electron chi connectivity index (χ4n) is 2.32. The molecule has 0 aromatic heterocycles. The van der Waals surface area contributed by atoms with Crippen molar-refractivity contribution in [2.75, 3.05) is 24.4 Å². The van der Waals surface area contributed by atoms with E-state index >= 15 is 0 Å². The molecule has 0 saturated carbocycles. The molecule has 0 bridgehead atoms. The standard InChI is InChI=1S/C13H17FN2O3S/c1-15-12(7-20(2,18)19)9-5-8-3-4-13(17)16-11(8)6-10(9)14/h5-6,12,15H,3-4,7H2,1-2H3,(H,16,17). The van der Waals surface area contributed by atoms with Crippen LogP contribution in [0.3, 0.4) is 0 Å². The van der Waals surface area contributed by atoms with Crippen LogP contribution >= 0.6 is 0 Å². The maximum atomic E-state index is 14.1. The second kappa shape index (κ2) is 5.49. The van der Waals surface area contributed by atoms with Gasteiger partial charge in [0.2, 0.25) is 5.91 Å². The fraction of sp³-hybridized carbons (Fsp3) is 0.462. The van der Waals surface area contributed by atoms with Crippen LogP contribution in [0.1, 0.15) is 23.6 Å². The van der Waals surface area contributed by atoms with Crippen molar-refractivity contribution < 1.29 is 17.6 Å². The Balaban J connectivity index is 2.39. The summed E-state index contributed by atoms with van der Waals surface area (Å²) >= 11 is 0. The molecule has 0 aliphatic carbocycles. The molecule has 1 heterocycles. The van der Waals surface area contributed by atoms with Crippen LogP contribution in [0.15, 0.2) is 12.1 Å². The monoisotopic (exact) mass is 300 g/mol. The largest absolute Gasteiger partial charge is 0.326 e. The molecule has 1 aromatic rings. The van der Waals surface area contributed by atoms with Crippen molar-refractivity contribution in [3.63, 3.8) is 0 Å². The fourth-order valence-corrected chi connectivity index (χ4v) is 3.27. The van der Waals surface area contributed by atoms with E-state index in [0.717, 1.165) is 11.8 Å². The number of hydrogen-bond donors (Lipinski definition) is 2. The zero-order chi connectivity index (χ0) is 14.9. The maximum Gasteiger partial charge on any atom is 0.224 e. The molecular formula is C13H17FN2O3S.